The summed E-state index contributed by atoms with van der Waals surface area (Å²) >= 11 is 0. The highest BCUT2D eigenvalue weighted by atomic mass is 19.4. The van der Waals surface area contributed by atoms with E-state index in [4.69, 9.17) is 4.74 Å². The molecule has 0 aliphatic heterocycles. The van der Waals surface area contributed by atoms with Crippen LogP contribution in [0.1, 0.15) is 62.5 Å². The lowest BCUT2D eigenvalue weighted by molar-refractivity contribution is -0.137. The lowest BCUT2D eigenvalue weighted by Gasteiger charge is -2.22. The zero-order valence-corrected chi connectivity index (χ0v) is 19.2. The third-order valence-corrected chi connectivity index (χ3v) is 5.93. The van der Waals surface area contributed by atoms with Gasteiger partial charge in [-0.25, -0.2) is 4.98 Å². The van der Waals surface area contributed by atoms with Gasteiger partial charge in [-0.2, -0.15) is 18.2 Å². The number of anilines is 4. The summed E-state index contributed by atoms with van der Waals surface area (Å²) in [5, 5.41) is 5.80. The Morgan fingerprint density at radius 2 is 1.56 bits per heavy atom. The van der Waals surface area contributed by atoms with Crippen molar-refractivity contribution in [1.29, 1.82) is 0 Å². The van der Waals surface area contributed by atoms with Gasteiger partial charge in [0, 0.05) is 17.6 Å². The first-order valence-electron chi connectivity index (χ1n) is 11.7. The molecule has 0 bridgehead atoms. The van der Waals surface area contributed by atoms with Gasteiger partial charge in [0.05, 0.1) is 6.61 Å². The lowest BCUT2D eigenvalue weighted by atomic mass is 9.84. The molecule has 5 nitrogen and oxygen atoms in total. The minimum absolute atomic E-state index is 0.0869. The second-order valence-electron chi connectivity index (χ2n) is 8.53. The number of hydrogen-bond donors (Lipinski definition) is 2. The molecular formula is C26H29F3N4O. The van der Waals surface area contributed by atoms with Crippen molar-refractivity contribution in [2.45, 2.75) is 57.5 Å². The van der Waals surface area contributed by atoms with Crippen molar-refractivity contribution in [3.63, 3.8) is 0 Å². The predicted molar refractivity (Wildman–Crippen MR) is 128 cm³/mol. The third kappa shape index (κ3) is 6.18. The van der Waals surface area contributed by atoms with Crippen molar-refractivity contribution < 1.29 is 17.9 Å². The third-order valence-electron chi connectivity index (χ3n) is 5.93. The molecule has 1 aromatic heterocycles. The Morgan fingerprint density at radius 3 is 2.21 bits per heavy atom. The van der Waals surface area contributed by atoms with E-state index in [2.05, 4.69) is 32.7 Å². The lowest BCUT2D eigenvalue weighted by Crippen LogP contribution is -2.12. The molecule has 0 radical (unpaired) electrons. The zero-order valence-electron chi connectivity index (χ0n) is 19.2. The number of rotatable bonds is 8. The molecule has 8 heteroatoms. The van der Waals surface area contributed by atoms with Crippen LogP contribution in [0.5, 0.6) is 5.75 Å². The number of halogens is 3. The van der Waals surface area contributed by atoms with E-state index in [9.17, 15) is 13.2 Å². The molecule has 0 atom stereocenters. The molecule has 0 amide bonds. The molecule has 180 valence electrons. The molecule has 1 aliphatic carbocycles. The highest BCUT2D eigenvalue weighted by Crippen LogP contribution is 2.36. The van der Waals surface area contributed by atoms with Crippen LogP contribution in [0.25, 0.3) is 0 Å². The molecule has 1 saturated carbocycles. The van der Waals surface area contributed by atoms with Crippen LogP contribution in [0.2, 0.25) is 0 Å². The summed E-state index contributed by atoms with van der Waals surface area (Å²) in [5.74, 6) is 1.01. The summed E-state index contributed by atoms with van der Waals surface area (Å²) in [6.07, 6.45) is 3.30. The van der Waals surface area contributed by atoms with E-state index in [1.54, 1.807) is 24.3 Å². The van der Waals surface area contributed by atoms with Gasteiger partial charge in [-0.3, -0.25) is 0 Å². The zero-order chi connectivity index (χ0) is 24.0. The van der Waals surface area contributed by atoms with Crippen molar-refractivity contribution in [1.82, 2.24) is 9.97 Å². The van der Waals surface area contributed by atoms with E-state index < -0.39 is 11.7 Å². The maximum Gasteiger partial charge on any atom is 0.421 e. The Labute approximate surface area is 197 Å². The molecule has 2 N–H and O–H groups in total. The van der Waals surface area contributed by atoms with Crippen molar-refractivity contribution in [2.24, 2.45) is 0 Å². The molecule has 3 aromatic rings. The largest absolute Gasteiger partial charge is 0.494 e. The fourth-order valence-corrected chi connectivity index (χ4v) is 4.14. The van der Waals surface area contributed by atoms with Gasteiger partial charge in [-0.15, -0.1) is 0 Å². The molecule has 1 aliphatic rings. The first-order chi connectivity index (χ1) is 16.4. The molecule has 1 fully saturated rings. The average Bonchev–Trinajstić information content (AvgIpc) is 2.84. The van der Waals surface area contributed by atoms with Gasteiger partial charge in [0.2, 0.25) is 5.95 Å². The number of aromatic nitrogens is 2. The summed E-state index contributed by atoms with van der Waals surface area (Å²) in [4.78, 5) is 8.03. The second-order valence-corrected chi connectivity index (χ2v) is 8.53. The maximum atomic E-state index is 13.6. The number of ether oxygens (including phenoxy) is 1. The van der Waals surface area contributed by atoms with Crippen molar-refractivity contribution >= 4 is 23.1 Å². The van der Waals surface area contributed by atoms with Gasteiger partial charge in [0.1, 0.15) is 17.1 Å². The highest BCUT2D eigenvalue weighted by molar-refractivity contribution is 5.63. The summed E-state index contributed by atoms with van der Waals surface area (Å²) in [5.41, 5.74) is 1.56. The number of alkyl halides is 3. The van der Waals surface area contributed by atoms with E-state index in [0.717, 1.165) is 18.3 Å². The van der Waals surface area contributed by atoms with Crippen molar-refractivity contribution in [3.05, 3.63) is 65.9 Å². The molecule has 0 unspecified atom stereocenters. The predicted octanol–water partition coefficient (Wildman–Crippen LogP) is 7.82. The molecule has 4 rings (SSSR count). The van der Waals surface area contributed by atoms with Crippen LogP contribution >= 0.6 is 0 Å². The van der Waals surface area contributed by atoms with Gasteiger partial charge < -0.3 is 15.4 Å². The Hall–Kier alpha value is -3.29. The van der Waals surface area contributed by atoms with E-state index in [-0.39, 0.29) is 11.8 Å². The Morgan fingerprint density at radius 1 is 0.912 bits per heavy atom. The summed E-state index contributed by atoms with van der Waals surface area (Å²) in [7, 11) is 0. The van der Waals surface area contributed by atoms with Gasteiger partial charge in [-0.05, 0) is 67.1 Å². The van der Waals surface area contributed by atoms with Crippen LogP contribution in [-0.4, -0.2) is 16.6 Å². The quantitative estimate of drug-likeness (QED) is 0.351. The van der Waals surface area contributed by atoms with Crippen LogP contribution in [0.15, 0.2) is 54.7 Å². The van der Waals surface area contributed by atoms with Crippen LogP contribution in [0.4, 0.5) is 36.3 Å². The minimum atomic E-state index is -4.59. The summed E-state index contributed by atoms with van der Waals surface area (Å²) in [6.45, 7) is 2.58. The van der Waals surface area contributed by atoms with Gasteiger partial charge in [0.15, 0.2) is 0 Å². The van der Waals surface area contributed by atoms with Crippen LogP contribution in [0.3, 0.4) is 0 Å². The topological polar surface area (TPSA) is 59.1 Å². The Bertz CT molecular complexity index is 1060. The number of benzene rings is 2. The number of nitrogens with zero attached hydrogens (tertiary/aromatic N) is 2. The minimum Gasteiger partial charge on any atom is -0.494 e. The van der Waals surface area contributed by atoms with Gasteiger partial charge in [0.25, 0.3) is 0 Å². The first kappa shape index (κ1) is 23.9. The molecule has 34 heavy (non-hydrogen) atoms. The van der Waals surface area contributed by atoms with Crippen molar-refractivity contribution in [2.75, 3.05) is 17.2 Å². The summed E-state index contributed by atoms with van der Waals surface area (Å²) < 4.78 is 46.2. The fraction of sp³-hybridized carbons (Fsp3) is 0.385. The van der Waals surface area contributed by atoms with Gasteiger partial charge >= 0.3 is 6.18 Å². The Kier molecular flexibility index (Phi) is 7.55. The van der Waals surface area contributed by atoms with E-state index in [1.165, 1.54) is 37.7 Å². The summed E-state index contributed by atoms with van der Waals surface area (Å²) in [6, 6.07) is 14.7. The number of hydrogen-bond acceptors (Lipinski definition) is 5. The normalized spacial score (nSPS) is 14.6. The van der Waals surface area contributed by atoms with E-state index >= 15 is 0 Å². The van der Waals surface area contributed by atoms with Crippen LogP contribution < -0.4 is 15.4 Å². The fourth-order valence-electron chi connectivity index (χ4n) is 4.14. The van der Waals surface area contributed by atoms with Crippen molar-refractivity contribution in [3.8, 4) is 5.75 Å². The maximum absolute atomic E-state index is 13.6. The van der Waals surface area contributed by atoms with Crippen LogP contribution in [-0.2, 0) is 6.18 Å². The average molecular weight is 471 g/mol. The monoisotopic (exact) mass is 470 g/mol. The molecule has 2 aromatic carbocycles. The first-order valence-corrected chi connectivity index (χ1v) is 11.7. The highest BCUT2D eigenvalue weighted by Gasteiger charge is 2.35. The molecule has 0 spiro atoms. The molecular weight excluding hydrogens is 441 g/mol. The SMILES string of the molecule is CCCOc1ccc(Nc2nc(Nc3ccc(C4CCCCC4)cc3)ncc2C(F)(F)F)cc1. The smallest absolute Gasteiger partial charge is 0.421 e. The molecule has 0 saturated heterocycles. The number of nitrogens with one attached hydrogen (secondary N) is 2. The standard InChI is InChI=1S/C26H29F3N4O/c1-2-16-34-22-14-12-20(13-15-22)31-24-23(26(27,28)29)17-30-25(33-24)32-21-10-8-19(9-11-21)18-6-4-3-5-7-18/h8-15,17-18H,2-7,16H2,1H3,(H2,30,31,32,33). The van der Waals surface area contributed by atoms with Crippen LogP contribution in [0, 0.1) is 0 Å². The van der Waals surface area contributed by atoms with E-state index in [1.807, 2.05) is 19.1 Å². The van der Waals surface area contributed by atoms with Gasteiger partial charge in [-0.1, -0.05) is 38.3 Å². The Balaban J connectivity index is 1.51. The molecule has 1 heterocycles. The van der Waals surface area contributed by atoms with E-state index in [0.29, 0.717) is 24.0 Å². The second kappa shape index (κ2) is 10.8.